The maximum atomic E-state index is 12.7. The molecule has 0 spiro atoms. The summed E-state index contributed by atoms with van der Waals surface area (Å²) >= 11 is 0. The third-order valence-corrected chi connectivity index (χ3v) is 8.55. The van der Waals surface area contributed by atoms with E-state index < -0.39 is 0 Å². The molecule has 2 aliphatic heterocycles. The number of nitrogens with zero attached hydrogens (tertiary/aromatic N) is 5. The van der Waals surface area contributed by atoms with Crippen LogP contribution in [0.15, 0.2) is 48.8 Å². The molecule has 1 atom stereocenters. The predicted octanol–water partition coefficient (Wildman–Crippen LogP) is 3.62. The van der Waals surface area contributed by atoms with Gasteiger partial charge in [0.05, 0.1) is 17.3 Å². The van der Waals surface area contributed by atoms with Crippen LogP contribution in [0.4, 0.5) is 5.69 Å². The van der Waals surface area contributed by atoms with Gasteiger partial charge in [-0.25, -0.2) is 4.52 Å². The van der Waals surface area contributed by atoms with E-state index in [0.29, 0.717) is 24.8 Å². The van der Waals surface area contributed by atoms with Gasteiger partial charge in [-0.05, 0) is 68.8 Å². The fourth-order valence-corrected chi connectivity index (χ4v) is 6.12. The lowest BCUT2D eigenvalue weighted by molar-refractivity contribution is -0.142. The van der Waals surface area contributed by atoms with Crippen molar-refractivity contribution in [2.24, 2.45) is 5.92 Å². The van der Waals surface area contributed by atoms with E-state index in [2.05, 4.69) is 71.3 Å². The zero-order valence-electron chi connectivity index (χ0n) is 21.4. The number of likely N-dealkylation sites (tertiary alicyclic amines) is 1. The van der Waals surface area contributed by atoms with Gasteiger partial charge < -0.3 is 19.8 Å². The second kappa shape index (κ2) is 9.52. The van der Waals surface area contributed by atoms with Gasteiger partial charge in [-0.2, -0.15) is 5.10 Å². The maximum Gasteiger partial charge on any atom is 0.226 e. The van der Waals surface area contributed by atoms with E-state index in [4.69, 9.17) is 0 Å². The van der Waals surface area contributed by atoms with Crippen molar-refractivity contribution in [2.45, 2.75) is 51.2 Å². The van der Waals surface area contributed by atoms with E-state index in [1.165, 1.54) is 35.3 Å². The lowest BCUT2D eigenvalue weighted by Crippen LogP contribution is -2.52. The van der Waals surface area contributed by atoms with Crippen LogP contribution in [0.1, 0.15) is 44.6 Å². The quantitative estimate of drug-likeness (QED) is 0.596. The van der Waals surface area contributed by atoms with Crippen molar-refractivity contribution in [3.05, 3.63) is 54.4 Å². The molecule has 2 aromatic heterocycles. The normalized spacial score (nSPS) is 25.1. The van der Waals surface area contributed by atoms with Crippen LogP contribution in [0.25, 0.3) is 16.6 Å². The Labute approximate surface area is 213 Å². The molecule has 1 amide bonds. The molecule has 7 heteroatoms. The Bertz CT molecular complexity index is 1220. The number of hydrogen-bond acceptors (Lipinski definition) is 5. The number of aromatic nitrogens is 2. The van der Waals surface area contributed by atoms with Gasteiger partial charge in [0.2, 0.25) is 5.91 Å². The van der Waals surface area contributed by atoms with Crippen LogP contribution in [0, 0.1) is 5.92 Å². The third-order valence-electron chi connectivity index (χ3n) is 8.55. The number of carbonyl (C=O) groups is 1. The zero-order valence-corrected chi connectivity index (χ0v) is 21.4. The minimum Gasteiger partial charge on any atom is -0.393 e. The fourth-order valence-electron chi connectivity index (χ4n) is 6.12. The van der Waals surface area contributed by atoms with Crippen LogP contribution in [-0.2, 0) is 4.79 Å². The Morgan fingerprint density at radius 1 is 1.00 bits per heavy atom. The maximum absolute atomic E-state index is 12.7. The van der Waals surface area contributed by atoms with E-state index in [-0.39, 0.29) is 17.9 Å². The molecule has 3 aromatic rings. The molecule has 7 nitrogen and oxygen atoms in total. The first-order valence-corrected chi connectivity index (χ1v) is 13.5. The van der Waals surface area contributed by atoms with Crippen LogP contribution < -0.4 is 4.90 Å². The van der Waals surface area contributed by atoms with Gasteiger partial charge in [0.25, 0.3) is 0 Å². The first-order valence-electron chi connectivity index (χ1n) is 13.5. The summed E-state index contributed by atoms with van der Waals surface area (Å²) in [5.74, 6) is 0.854. The van der Waals surface area contributed by atoms with Gasteiger partial charge in [0.1, 0.15) is 0 Å². The second-order valence-corrected chi connectivity index (χ2v) is 11.1. The summed E-state index contributed by atoms with van der Waals surface area (Å²) in [4.78, 5) is 19.6. The van der Waals surface area contributed by atoms with Gasteiger partial charge in [-0.1, -0.05) is 24.3 Å². The minimum atomic E-state index is -0.289. The molecule has 1 aromatic carbocycles. The molecule has 0 bridgehead atoms. The molecular formula is C29H37N5O2. The molecule has 4 heterocycles. The number of fused-ring (bicyclic) bond motifs is 1. The van der Waals surface area contributed by atoms with Crippen molar-refractivity contribution in [3.63, 3.8) is 0 Å². The molecule has 0 radical (unpaired) electrons. The summed E-state index contributed by atoms with van der Waals surface area (Å²) in [5, 5.41) is 14.1. The average Bonchev–Trinajstić information content (AvgIpc) is 3.54. The van der Waals surface area contributed by atoms with E-state index >= 15 is 0 Å². The Morgan fingerprint density at radius 3 is 2.42 bits per heavy atom. The Hall–Kier alpha value is -2.90. The summed E-state index contributed by atoms with van der Waals surface area (Å²) in [6, 6.07) is 14.1. The van der Waals surface area contributed by atoms with Crippen molar-refractivity contribution < 1.29 is 9.90 Å². The molecule has 1 aliphatic carbocycles. The van der Waals surface area contributed by atoms with Crippen molar-refractivity contribution >= 4 is 17.1 Å². The summed E-state index contributed by atoms with van der Waals surface area (Å²) in [7, 11) is 0. The highest BCUT2D eigenvalue weighted by Crippen LogP contribution is 2.33. The van der Waals surface area contributed by atoms with Gasteiger partial charge in [-0.15, -0.1) is 0 Å². The lowest BCUT2D eigenvalue weighted by Gasteiger charge is -2.40. The molecule has 36 heavy (non-hydrogen) atoms. The van der Waals surface area contributed by atoms with Crippen LogP contribution >= 0.6 is 0 Å². The highest BCUT2D eigenvalue weighted by molar-refractivity contribution is 5.82. The van der Waals surface area contributed by atoms with Crippen LogP contribution in [0.2, 0.25) is 0 Å². The number of carbonyl (C=O) groups excluding carboxylic acids is 1. The van der Waals surface area contributed by atoms with E-state index in [9.17, 15) is 9.90 Å². The largest absolute Gasteiger partial charge is 0.393 e. The standard InChI is InChI=1S/C29H37N5O2/c1-20(2)33-10-8-23(18-33)21-3-5-22(6-4-21)25-17-28-27(7-9-30-34(28)19-25)31-11-13-32(14-12-31)29(36)24-15-26(35)16-24/h3-7,9,17,19-20,23-24,26,35H,8,10-16,18H2,1-2H3/t23-,24?,26?/m0/s1. The van der Waals surface area contributed by atoms with Crippen molar-refractivity contribution in [2.75, 3.05) is 44.2 Å². The van der Waals surface area contributed by atoms with E-state index in [1.54, 1.807) is 0 Å². The number of amides is 1. The molecule has 190 valence electrons. The van der Waals surface area contributed by atoms with Crippen molar-refractivity contribution in [1.82, 2.24) is 19.4 Å². The minimum absolute atomic E-state index is 0.0153. The first kappa shape index (κ1) is 23.5. The van der Waals surface area contributed by atoms with Crippen molar-refractivity contribution in [1.29, 1.82) is 0 Å². The molecule has 0 unspecified atom stereocenters. The summed E-state index contributed by atoms with van der Waals surface area (Å²) in [5.41, 5.74) is 6.09. The smallest absolute Gasteiger partial charge is 0.226 e. The number of rotatable bonds is 5. The van der Waals surface area contributed by atoms with Crippen LogP contribution in [0.3, 0.4) is 0 Å². The van der Waals surface area contributed by atoms with E-state index in [0.717, 1.165) is 38.2 Å². The predicted molar refractivity (Wildman–Crippen MR) is 142 cm³/mol. The lowest BCUT2D eigenvalue weighted by atomic mass is 9.81. The number of anilines is 1. The number of hydrogen-bond donors (Lipinski definition) is 1. The van der Waals surface area contributed by atoms with E-state index in [1.807, 2.05) is 15.6 Å². The highest BCUT2D eigenvalue weighted by atomic mass is 16.3. The molecule has 1 N–H and O–H groups in total. The third kappa shape index (κ3) is 4.39. The molecule has 1 saturated carbocycles. The monoisotopic (exact) mass is 487 g/mol. The van der Waals surface area contributed by atoms with Crippen molar-refractivity contribution in [3.8, 4) is 11.1 Å². The molecule has 6 rings (SSSR count). The summed E-state index contributed by atoms with van der Waals surface area (Å²) < 4.78 is 1.98. The van der Waals surface area contributed by atoms with Crippen LogP contribution in [0.5, 0.6) is 0 Å². The number of benzene rings is 1. The fraction of sp³-hybridized carbons (Fsp3) is 0.517. The number of aliphatic hydroxyl groups excluding tert-OH is 1. The molecule has 3 fully saturated rings. The Balaban J connectivity index is 1.15. The molecule has 3 aliphatic rings. The molecule has 2 saturated heterocycles. The van der Waals surface area contributed by atoms with Gasteiger partial charge in [-0.3, -0.25) is 4.79 Å². The first-order chi connectivity index (χ1) is 17.5. The Kier molecular flexibility index (Phi) is 6.21. The average molecular weight is 488 g/mol. The van der Waals surface area contributed by atoms with Gasteiger partial charge in [0.15, 0.2) is 0 Å². The SMILES string of the molecule is CC(C)N1CC[C@H](c2ccc(-c3cc4c(N5CCN(C(=O)C6CC(O)C6)CC5)ccnn4c3)cc2)C1. The molecular weight excluding hydrogens is 450 g/mol. The van der Waals surface area contributed by atoms with Gasteiger partial charge in [0, 0.05) is 62.6 Å². The summed E-state index contributed by atoms with van der Waals surface area (Å²) in [6.45, 7) is 9.99. The second-order valence-electron chi connectivity index (χ2n) is 11.1. The Morgan fingerprint density at radius 2 is 1.75 bits per heavy atom. The van der Waals surface area contributed by atoms with Crippen LogP contribution in [-0.4, -0.2) is 81.8 Å². The topological polar surface area (TPSA) is 64.3 Å². The van der Waals surface area contributed by atoms with Gasteiger partial charge >= 0.3 is 0 Å². The number of piperazine rings is 1. The summed E-state index contributed by atoms with van der Waals surface area (Å²) in [6.07, 6.45) is 6.17. The highest BCUT2D eigenvalue weighted by Gasteiger charge is 2.36. The zero-order chi connectivity index (χ0) is 24.8. The number of aliphatic hydroxyl groups is 1.